The van der Waals surface area contributed by atoms with Crippen LogP contribution in [0.3, 0.4) is 0 Å². The Balaban J connectivity index is 1.69. The summed E-state index contributed by atoms with van der Waals surface area (Å²) in [6.45, 7) is 2.38. The van der Waals surface area contributed by atoms with Crippen LogP contribution in [0.2, 0.25) is 0 Å². The van der Waals surface area contributed by atoms with Gasteiger partial charge in [0.2, 0.25) is 0 Å². The second kappa shape index (κ2) is 7.27. The fourth-order valence-corrected chi connectivity index (χ4v) is 4.28. The van der Waals surface area contributed by atoms with E-state index in [1.54, 1.807) is 28.6 Å². The quantitative estimate of drug-likeness (QED) is 0.429. The number of hydrogen-bond donors (Lipinski definition) is 0. The van der Waals surface area contributed by atoms with Gasteiger partial charge in [-0.2, -0.15) is 0 Å². The van der Waals surface area contributed by atoms with Gasteiger partial charge in [-0.15, -0.1) is 11.3 Å². The molecule has 0 aliphatic carbocycles. The first-order valence-corrected chi connectivity index (χ1v) is 9.82. The molecular weight excluding hydrogens is 364 g/mol. The topological polar surface area (TPSA) is 46.3 Å². The zero-order valence-electron chi connectivity index (χ0n) is 14.1. The van der Waals surface area contributed by atoms with E-state index in [0.29, 0.717) is 11.7 Å². The van der Waals surface area contributed by atoms with E-state index in [-0.39, 0.29) is 5.91 Å². The lowest BCUT2D eigenvalue weighted by Crippen LogP contribution is -2.28. The molecule has 26 heavy (non-hydrogen) atoms. The third-order valence-electron chi connectivity index (χ3n) is 3.93. The minimum Gasteiger partial charge on any atom is -0.467 e. The minimum absolute atomic E-state index is 0.119. The van der Waals surface area contributed by atoms with Crippen LogP contribution in [-0.2, 0) is 11.3 Å². The van der Waals surface area contributed by atoms with Crippen LogP contribution in [-0.4, -0.2) is 10.9 Å². The first-order chi connectivity index (χ1) is 12.7. The number of amides is 1. The number of aromatic nitrogens is 1. The van der Waals surface area contributed by atoms with Gasteiger partial charge in [0.15, 0.2) is 5.13 Å². The molecule has 0 aliphatic rings. The number of rotatable bonds is 5. The van der Waals surface area contributed by atoms with E-state index in [9.17, 15) is 4.79 Å². The molecule has 0 atom stereocenters. The summed E-state index contributed by atoms with van der Waals surface area (Å²) in [5, 5.41) is 2.66. The molecule has 0 bridgehead atoms. The molecule has 4 aromatic rings. The lowest BCUT2D eigenvalue weighted by molar-refractivity contribution is -0.114. The molecule has 6 heteroatoms. The molecular formula is C20H16N2O2S2. The Kier molecular flexibility index (Phi) is 4.69. The largest absolute Gasteiger partial charge is 0.467 e. The van der Waals surface area contributed by atoms with Crippen LogP contribution in [0, 0.1) is 6.92 Å². The Morgan fingerprint density at radius 1 is 1.23 bits per heavy atom. The number of aryl methyl sites for hydroxylation is 1. The molecule has 0 radical (unpaired) electrons. The summed E-state index contributed by atoms with van der Waals surface area (Å²) >= 11 is 3.11. The highest BCUT2D eigenvalue weighted by molar-refractivity contribution is 7.22. The van der Waals surface area contributed by atoms with Gasteiger partial charge in [-0.25, -0.2) is 4.98 Å². The first kappa shape index (κ1) is 16.8. The number of thiazole rings is 1. The molecule has 3 heterocycles. The maximum Gasteiger partial charge on any atom is 0.253 e. The highest BCUT2D eigenvalue weighted by atomic mass is 32.1. The Morgan fingerprint density at radius 2 is 2.15 bits per heavy atom. The number of furan rings is 1. The van der Waals surface area contributed by atoms with E-state index in [4.69, 9.17) is 9.40 Å². The molecule has 3 aromatic heterocycles. The smallest absolute Gasteiger partial charge is 0.253 e. The standard InChI is InChI=1S/C20H16N2O2S2/c1-14-5-2-8-17-19(14)21-20(26-17)22(13-15-6-3-11-24-15)18(23)10-9-16-7-4-12-25-16/h2-12H,13H2,1H3/b10-9+. The number of para-hydroxylation sites is 1. The maximum atomic E-state index is 12.9. The molecule has 1 amide bonds. The fraction of sp³-hybridized carbons (Fsp3) is 0.100. The average molecular weight is 380 g/mol. The highest BCUT2D eigenvalue weighted by Gasteiger charge is 2.20. The Morgan fingerprint density at radius 3 is 2.88 bits per heavy atom. The van der Waals surface area contributed by atoms with Gasteiger partial charge in [0.05, 0.1) is 23.0 Å². The van der Waals surface area contributed by atoms with Crippen LogP contribution >= 0.6 is 22.7 Å². The first-order valence-electron chi connectivity index (χ1n) is 8.12. The van der Waals surface area contributed by atoms with Crippen molar-refractivity contribution in [1.82, 2.24) is 4.98 Å². The zero-order chi connectivity index (χ0) is 17.9. The predicted molar refractivity (Wildman–Crippen MR) is 108 cm³/mol. The van der Waals surface area contributed by atoms with Crippen LogP contribution in [0.4, 0.5) is 5.13 Å². The second-order valence-corrected chi connectivity index (χ2v) is 7.76. The van der Waals surface area contributed by atoms with E-state index in [2.05, 4.69) is 0 Å². The van der Waals surface area contributed by atoms with Crippen molar-refractivity contribution < 1.29 is 9.21 Å². The number of anilines is 1. The number of carbonyl (C=O) groups excluding carboxylic acids is 1. The minimum atomic E-state index is -0.119. The zero-order valence-corrected chi connectivity index (χ0v) is 15.7. The van der Waals surface area contributed by atoms with Crippen molar-refractivity contribution in [3.63, 3.8) is 0 Å². The van der Waals surface area contributed by atoms with Gasteiger partial charge in [-0.3, -0.25) is 9.69 Å². The second-order valence-electron chi connectivity index (χ2n) is 5.77. The predicted octanol–water partition coefficient (Wildman–Crippen LogP) is 5.51. The SMILES string of the molecule is Cc1cccc2sc(N(Cc3ccco3)C(=O)/C=C/c3cccs3)nc12. The summed E-state index contributed by atoms with van der Waals surface area (Å²) in [5.74, 6) is 0.602. The molecule has 4 rings (SSSR count). The van der Waals surface area contributed by atoms with E-state index in [1.807, 2.05) is 60.8 Å². The van der Waals surface area contributed by atoms with Gasteiger partial charge in [0, 0.05) is 11.0 Å². The summed E-state index contributed by atoms with van der Waals surface area (Å²) in [6, 6.07) is 13.7. The normalized spacial score (nSPS) is 11.4. The van der Waals surface area contributed by atoms with Gasteiger partial charge in [-0.1, -0.05) is 29.5 Å². The summed E-state index contributed by atoms with van der Waals surface area (Å²) in [4.78, 5) is 20.3. The van der Waals surface area contributed by atoms with Crippen LogP contribution in [0.25, 0.3) is 16.3 Å². The molecule has 0 spiro atoms. The van der Waals surface area contributed by atoms with E-state index in [1.165, 1.54) is 11.3 Å². The molecule has 130 valence electrons. The van der Waals surface area contributed by atoms with Crippen LogP contribution < -0.4 is 4.90 Å². The van der Waals surface area contributed by atoms with Crippen LogP contribution in [0.15, 0.2) is 64.6 Å². The van der Waals surface area contributed by atoms with Gasteiger partial charge < -0.3 is 4.42 Å². The van der Waals surface area contributed by atoms with Gasteiger partial charge in [0.1, 0.15) is 5.76 Å². The molecule has 0 unspecified atom stereocenters. The fourth-order valence-electron chi connectivity index (χ4n) is 2.62. The average Bonchev–Trinajstić information content (AvgIpc) is 3.39. The maximum absolute atomic E-state index is 12.9. The Hall–Kier alpha value is -2.70. The summed E-state index contributed by atoms with van der Waals surface area (Å²) < 4.78 is 6.51. The summed E-state index contributed by atoms with van der Waals surface area (Å²) in [6.07, 6.45) is 5.04. The number of fused-ring (bicyclic) bond motifs is 1. The molecule has 4 nitrogen and oxygen atoms in total. The van der Waals surface area contributed by atoms with Gasteiger partial charge in [0.25, 0.3) is 5.91 Å². The number of hydrogen-bond acceptors (Lipinski definition) is 5. The molecule has 0 N–H and O–H groups in total. The molecule has 0 saturated heterocycles. The van der Waals surface area contributed by atoms with Crippen LogP contribution in [0.1, 0.15) is 16.2 Å². The summed E-state index contributed by atoms with van der Waals surface area (Å²) in [5.41, 5.74) is 2.04. The third kappa shape index (κ3) is 3.47. The van der Waals surface area contributed by atoms with Crippen LogP contribution in [0.5, 0.6) is 0 Å². The van der Waals surface area contributed by atoms with Crippen molar-refractivity contribution in [3.8, 4) is 0 Å². The van der Waals surface area contributed by atoms with Crippen molar-refractivity contribution in [2.24, 2.45) is 0 Å². The Labute approximate surface area is 159 Å². The lowest BCUT2D eigenvalue weighted by Gasteiger charge is -2.16. The van der Waals surface area contributed by atoms with E-state index in [0.717, 1.165) is 26.4 Å². The third-order valence-corrected chi connectivity index (χ3v) is 5.81. The van der Waals surface area contributed by atoms with Crippen molar-refractivity contribution in [3.05, 3.63) is 76.4 Å². The Bertz CT molecular complexity index is 1050. The summed E-state index contributed by atoms with van der Waals surface area (Å²) in [7, 11) is 0. The van der Waals surface area contributed by atoms with Crippen molar-refractivity contribution in [2.75, 3.05) is 4.90 Å². The van der Waals surface area contributed by atoms with Gasteiger partial charge in [-0.05, 0) is 48.2 Å². The van der Waals surface area contributed by atoms with Crippen molar-refractivity contribution in [1.29, 1.82) is 0 Å². The van der Waals surface area contributed by atoms with Gasteiger partial charge >= 0.3 is 0 Å². The van der Waals surface area contributed by atoms with Crippen molar-refractivity contribution in [2.45, 2.75) is 13.5 Å². The molecule has 0 aliphatic heterocycles. The molecule has 1 aromatic carbocycles. The van der Waals surface area contributed by atoms with E-state index < -0.39 is 0 Å². The molecule has 0 fully saturated rings. The number of thiophene rings is 1. The number of benzene rings is 1. The molecule has 0 saturated carbocycles. The monoisotopic (exact) mass is 380 g/mol. The lowest BCUT2D eigenvalue weighted by atomic mass is 10.2. The number of nitrogens with zero attached hydrogens (tertiary/aromatic N) is 2. The highest BCUT2D eigenvalue weighted by Crippen LogP contribution is 2.31. The van der Waals surface area contributed by atoms with E-state index >= 15 is 0 Å². The number of carbonyl (C=O) groups is 1. The van der Waals surface area contributed by atoms with Crippen molar-refractivity contribution >= 4 is 50.0 Å².